The van der Waals surface area contributed by atoms with E-state index in [1.807, 2.05) is 0 Å². The van der Waals surface area contributed by atoms with Crippen molar-refractivity contribution in [2.24, 2.45) is 0 Å². The van der Waals surface area contributed by atoms with Gasteiger partial charge in [-0.05, 0) is 18.6 Å². The molecular formula is C11H15NO7S. The molecule has 1 aromatic rings. The van der Waals surface area contributed by atoms with Crippen molar-refractivity contribution >= 4 is 22.0 Å². The fraction of sp³-hybridized carbons (Fsp3) is 0.455. The number of nitrogens with one attached hydrogen (secondary N) is 1. The number of carboxylic acid groups (broad SMARTS) is 1. The van der Waals surface area contributed by atoms with E-state index in [-0.39, 0.29) is 36.7 Å². The molecule has 0 aliphatic carbocycles. The fourth-order valence-corrected chi connectivity index (χ4v) is 2.38. The van der Waals surface area contributed by atoms with Crippen LogP contribution < -0.4 is 4.72 Å². The van der Waals surface area contributed by atoms with E-state index in [0.717, 1.165) is 0 Å². The predicted octanol–water partition coefficient (Wildman–Crippen LogP) is 0.350. The third-order valence-corrected chi connectivity index (χ3v) is 3.77. The van der Waals surface area contributed by atoms with Crippen LogP contribution in [0.1, 0.15) is 29.2 Å². The van der Waals surface area contributed by atoms with Gasteiger partial charge in [-0.25, -0.2) is 17.9 Å². The predicted molar refractivity (Wildman–Crippen MR) is 67.5 cm³/mol. The Labute approximate surface area is 115 Å². The zero-order chi connectivity index (χ0) is 15.2. The normalized spacial score (nSPS) is 11.2. The highest BCUT2D eigenvalue weighted by atomic mass is 32.2. The number of carbonyl (C=O) groups excluding carboxylic acids is 1. The molecule has 20 heavy (non-hydrogen) atoms. The van der Waals surface area contributed by atoms with Crippen molar-refractivity contribution < 1.29 is 32.3 Å². The molecule has 0 amide bonds. The lowest BCUT2D eigenvalue weighted by Gasteiger charge is -2.04. The summed E-state index contributed by atoms with van der Waals surface area (Å²) in [6.45, 7) is -0.145. The first-order valence-electron chi connectivity index (χ1n) is 5.70. The van der Waals surface area contributed by atoms with Crippen molar-refractivity contribution in [2.45, 2.75) is 19.4 Å². The van der Waals surface area contributed by atoms with Gasteiger partial charge in [0.2, 0.25) is 15.8 Å². The zero-order valence-corrected chi connectivity index (χ0v) is 11.6. The minimum absolute atomic E-state index is 0.0152. The lowest BCUT2D eigenvalue weighted by Crippen LogP contribution is -2.26. The Hall–Kier alpha value is -1.87. The van der Waals surface area contributed by atoms with Gasteiger partial charge in [-0.15, -0.1) is 0 Å². The third-order valence-electron chi connectivity index (χ3n) is 2.36. The van der Waals surface area contributed by atoms with Gasteiger partial charge in [0, 0.05) is 6.42 Å². The molecule has 0 atom stereocenters. The van der Waals surface area contributed by atoms with Crippen LogP contribution in [0, 0.1) is 0 Å². The van der Waals surface area contributed by atoms with E-state index < -0.39 is 22.0 Å². The minimum atomic E-state index is -3.56. The molecule has 0 unspecified atom stereocenters. The van der Waals surface area contributed by atoms with Crippen molar-refractivity contribution in [3.63, 3.8) is 0 Å². The number of aromatic carboxylic acids is 1. The van der Waals surface area contributed by atoms with Crippen LogP contribution in [-0.2, 0) is 26.1 Å². The first-order chi connectivity index (χ1) is 9.34. The summed E-state index contributed by atoms with van der Waals surface area (Å²) in [4.78, 5) is 21.4. The Morgan fingerprint density at radius 2 is 2.10 bits per heavy atom. The second-order valence-electron chi connectivity index (χ2n) is 3.89. The van der Waals surface area contributed by atoms with E-state index in [9.17, 15) is 18.0 Å². The van der Waals surface area contributed by atoms with Crippen molar-refractivity contribution in [3.05, 3.63) is 23.7 Å². The molecule has 0 aliphatic heterocycles. The molecule has 0 saturated heterocycles. The molecule has 9 heteroatoms. The van der Waals surface area contributed by atoms with Crippen LogP contribution in [0.5, 0.6) is 0 Å². The molecule has 0 aliphatic rings. The molecule has 2 N–H and O–H groups in total. The number of ether oxygens (including phenoxy) is 1. The maximum atomic E-state index is 11.6. The average Bonchev–Trinajstić information content (AvgIpc) is 2.85. The van der Waals surface area contributed by atoms with Crippen LogP contribution in [0.15, 0.2) is 16.5 Å². The number of esters is 1. The second kappa shape index (κ2) is 7.06. The van der Waals surface area contributed by atoms with Gasteiger partial charge in [-0.2, -0.15) is 0 Å². The number of furan rings is 1. The number of carbonyl (C=O) groups is 2. The number of carboxylic acids is 1. The monoisotopic (exact) mass is 305 g/mol. The lowest BCUT2D eigenvalue weighted by molar-refractivity contribution is -0.140. The largest absolute Gasteiger partial charge is 0.475 e. The van der Waals surface area contributed by atoms with Crippen molar-refractivity contribution in [1.82, 2.24) is 4.72 Å². The standard InChI is InChI=1S/C11H15NO7S/c1-18-10(13)3-2-6-20(16,17)12-7-8-4-5-9(19-8)11(14)15/h4-5,12H,2-3,6-7H2,1H3,(H,14,15). The van der Waals surface area contributed by atoms with Crippen molar-refractivity contribution in [1.29, 1.82) is 0 Å². The van der Waals surface area contributed by atoms with Crippen LogP contribution >= 0.6 is 0 Å². The van der Waals surface area contributed by atoms with Gasteiger partial charge in [0.15, 0.2) is 0 Å². The lowest BCUT2D eigenvalue weighted by atomic mass is 10.3. The van der Waals surface area contributed by atoms with Gasteiger partial charge in [0.25, 0.3) is 0 Å². The topological polar surface area (TPSA) is 123 Å². The first kappa shape index (κ1) is 16.2. The summed E-state index contributed by atoms with van der Waals surface area (Å²) >= 11 is 0. The van der Waals surface area contributed by atoms with Gasteiger partial charge in [0.05, 0.1) is 19.4 Å². The molecule has 1 heterocycles. The Bertz CT molecular complexity index is 575. The van der Waals surface area contributed by atoms with E-state index in [0.29, 0.717) is 0 Å². The Balaban J connectivity index is 2.42. The Morgan fingerprint density at radius 1 is 1.40 bits per heavy atom. The van der Waals surface area contributed by atoms with Crippen LogP contribution in [-0.4, -0.2) is 38.3 Å². The number of rotatable bonds is 8. The molecule has 0 radical (unpaired) electrons. The second-order valence-corrected chi connectivity index (χ2v) is 5.82. The number of hydrogen-bond donors (Lipinski definition) is 2. The highest BCUT2D eigenvalue weighted by molar-refractivity contribution is 7.89. The molecule has 0 spiro atoms. The maximum Gasteiger partial charge on any atom is 0.371 e. The SMILES string of the molecule is COC(=O)CCCS(=O)(=O)NCc1ccc(C(=O)O)o1. The molecule has 112 valence electrons. The molecule has 0 saturated carbocycles. The van der Waals surface area contributed by atoms with Crippen LogP contribution in [0.3, 0.4) is 0 Å². The Kier molecular flexibility index (Phi) is 5.71. The molecule has 0 fully saturated rings. The van der Waals surface area contributed by atoms with Gasteiger partial charge < -0.3 is 14.3 Å². The first-order valence-corrected chi connectivity index (χ1v) is 7.35. The van der Waals surface area contributed by atoms with E-state index in [2.05, 4.69) is 9.46 Å². The number of hydrogen-bond acceptors (Lipinski definition) is 6. The highest BCUT2D eigenvalue weighted by Crippen LogP contribution is 2.08. The molecule has 1 rings (SSSR count). The van der Waals surface area contributed by atoms with Gasteiger partial charge in [-0.3, -0.25) is 4.79 Å². The van der Waals surface area contributed by atoms with Gasteiger partial charge in [0.1, 0.15) is 5.76 Å². The summed E-state index contributed by atoms with van der Waals surface area (Å²) in [5, 5.41) is 8.64. The summed E-state index contributed by atoms with van der Waals surface area (Å²) < 4.78 is 34.7. The average molecular weight is 305 g/mol. The molecular weight excluding hydrogens is 290 g/mol. The third kappa shape index (κ3) is 5.41. The van der Waals surface area contributed by atoms with E-state index in [4.69, 9.17) is 9.52 Å². The van der Waals surface area contributed by atoms with Crippen LogP contribution in [0.2, 0.25) is 0 Å². The maximum absolute atomic E-state index is 11.6. The molecule has 0 aromatic carbocycles. The highest BCUT2D eigenvalue weighted by Gasteiger charge is 2.14. The van der Waals surface area contributed by atoms with Gasteiger partial charge >= 0.3 is 11.9 Å². The van der Waals surface area contributed by atoms with Crippen molar-refractivity contribution in [3.8, 4) is 0 Å². The summed E-state index contributed by atoms with van der Waals surface area (Å²) in [6, 6.07) is 2.61. The smallest absolute Gasteiger partial charge is 0.371 e. The quantitative estimate of drug-likeness (QED) is 0.664. The minimum Gasteiger partial charge on any atom is -0.475 e. The van der Waals surface area contributed by atoms with Crippen LogP contribution in [0.25, 0.3) is 0 Å². The summed E-state index contributed by atoms with van der Waals surface area (Å²) in [5.74, 6) is -1.99. The molecule has 8 nitrogen and oxygen atoms in total. The van der Waals surface area contributed by atoms with E-state index >= 15 is 0 Å². The fourth-order valence-electron chi connectivity index (χ4n) is 1.35. The van der Waals surface area contributed by atoms with Crippen molar-refractivity contribution in [2.75, 3.05) is 12.9 Å². The van der Waals surface area contributed by atoms with Crippen LogP contribution in [0.4, 0.5) is 0 Å². The molecule has 0 bridgehead atoms. The summed E-state index contributed by atoms with van der Waals surface area (Å²) in [7, 11) is -2.33. The Morgan fingerprint density at radius 3 is 2.65 bits per heavy atom. The van der Waals surface area contributed by atoms with E-state index in [1.165, 1.54) is 19.2 Å². The zero-order valence-electron chi connectivity index (χ0n) is 10.8. The van der Waals surface area contributed by atoms with Gasteiger partial charge in [-0.1, -0.05) is 0 Å². The number of sulfonamides is 1. The summed E-state index contributed by atoms with van der Waals surface area (Å²) in [6.07, 6.45) is 0.155. The van der Waals surface area contributed by atoms with E-state index in [1.54, 1.807) is 0 Å². The summed E-state index contributed by atoms with van der Waals surface area (Å²) in [5.41, 5.74) is 0. The molecule has 1 aromatic heterocycles. The number of methoxy groups -OCH3 is 1.